The van der Waals surface area contributed by atoms with Crippen LogP contribution in [0.2, 0.25) is 0 Å². The molecule has 25 heavy (non-hydrogen) atoms. The summed E-state index contributed by atoms with van der Waals surface area (Å²) in [6.45, 7) is 0.285. The summed E-state index contributed by atoms with van der Waals surface area (Å²) in [7, 11) is 0. The van der Waals surface area contributed by atoms with E-state index < -0.39 is 0 Å². The van der Waals surface area contributed by atoms with Gasteiger partial charge in [-0.3, -0.25) is 9.78 Å². The first kappa shape index (κ1) is 16.8. The van der Waals surface area contributed by atoms with Crippen LogP contribution in [0.4, 0.5) is 4.39 Å². The average molecular weight is 341 g/mol. The molecule has 1 aromatic carbocycles. The van der Waals surface area contributed by atoms with Crippen molar-refractivity contribution in [2.24, 2.45) is 0 Å². The highest BCUT2D eigenvalue weighted by Gasteiger charge is 2.20. The number of hydrogen-bond donors (Lipinski definition) is 1. The third-order valence-electron chi connectivity index (χ3n) is 3.61. The Labute approximate surface area is 143 Å². The molecule has 7 heteroatoms. The van der Waals surface area contributed by atoms with E-state index in [-0.39, 0.29) is 30.6 Å². The van der Waals surface area contributed by atoms with Crippen molar-refractivity contribution >= 4 is 5.91 Å². The molecular formula is C18H16FN3O3. The van der Waals surface area contributed by atoms with Crippen molar-refractivity contribution in [3.63, 3.8) is 0 Å². The van der Waals surface area contributed by atoms with Crippen LogP contribution >= 0.6 is 0 Å². The summed E-state index contributed by atoms with van der Waals surface area (Å²) >= 11 is 0. The highest BCUT2D eigenvalue weighted by Crippen LogP contribution is 2.21. The Kier molecular flexibility index (Phi) is 5.15. The number of nitrogens with zero attached hydrogens (tertiary/aromatic N) is 3. The molecule has 0 spiro atoms. The predicted octanol–water partition coefficient (Wildman–Crippen LogP) is 2.51. The van der Waals surface area contributed by atoms with Crippen LogP contribution in [0.15, 0.2) is 59.4 Å². The van der Waals surface area contributed by atoms with Crippen molar-refractivity contribution in [3.05, 3.63) is 71.9 Å². The molecule has 0 aliphatic rings. The van der Waals surface area contributed by atoms with E-state index in [1.807, 2.05) is 6.07 Å². The minimum atomic E-state index is -0.366. The normalized spacial score (nSPS) is 10.6. The summed E-state index contributed by atoms with van der Waals surface area (Å²) in [4.78, 5) is 18.1. The van der Waals surface area contributed by atoms with Gasteiger partial charge in [-0.05, 0) is 35.9 Å². The van der Waals surface area contributed by atoms with Gasteiger partial charge in [-0.15, -0.1) is 0 Å². The number of rotatable bonds is 6. The molecule has 1 N–H and O–H groups in total. The Morgan fingerprint density at radius 2 is 2.04 bits per heavy atom. The molecule has 1 amide bonds. The molecule has 0 fully saturated rings. The molecule has 0 aliphatic heterocycles. The van der Waals surface area contributed by atoms with Crippen LogP contribution in [-0.2, 0) is 6.54 Å². The van der Waals surface area contributed by atoms with Crippen molar-refractivity contribution < 1.29 is 18.8 Å². The Bertz CT molecular complexity index is 834. The molecule has 0 bridgehead atoms. The number of pyridine rings is 1. The quantitative estimate of drug-likeness (QED) is 0.745. The fraction of sp³-hybridized carbons (Fsp3) is 0.167. The smallest absolute Gasteiger partial charge is 0.276 e. The van der Waals surface area contributed by atoms with Gasteiger partial charge in [0.05, 0.1) is 6.61 Å². The first-order valence-electron chi connectivity index (χ1n) is 7.69. The van der Waals surface area contributed by atoms with Gasteiger partial charge < -0.3 is 14.5 Å². The molecular weight excluding hydrogens is 325 g/mol. The summed E-state index contributed by atoms with van der Waals surface area (Å²) in [5.74, 6) is -0.353. The Morgan fingerprint density at radius 1 is 1.24 bits per heavy atom. The highest BCUT2D eigenvalue weighted by molar-refractivity contribution is 5.93. The number of carbonyl (C=O) groups excluding carboxylic acids is 1. The van der Waals surface area contributed by atoms with Crippen LogP contribution in [0.25, 0.3) is 11.3 Å². The van der Waals surface area contributed by atoms with Gasteiger partial charge in [0, 0.05) is 37.1 Å². The van der Waals surface area contributed by atoms with Gasteiger partial charge in [0.15, 0.2) is 11.5 Å². The van der Waals surface area contributed by atoms with Gasteiger partial charge in [-0.2, -0.15) is 0 Å². The van der Waals surface area contributed by atoms with Gasteiger partial charge >= 0.3 is 0 Å². The summed E-state index contributed by atoms with van der Waals surface area (Å²) in [6, 6.07) is 10.8. The zero-order valence-electron chi connectivity index (χ0n) is 13.3. The molecule has 0 saturated heterocycles. The van der Waals surface area contributed by atoms with E-state index in [0.717, 1.165) is 5.56 Å². The maximum absolute atomic E-state index is 13.0. The molecule has 2 heterocycles. The van der Waals surface area contributed by atoms with Crippen molar-refractivity contribution in [2.75, 3.05) is 13.2 Å². The van der Waals surface area contributed by atoms with Gasteiger partial charge in [-0.25, -0.2) is 4.39 Å². The van der Waals surface area contributed by atoms with E-state index in [0.29, 0.717) is 17.9 Å². The zero-order valence-corrected chi connectivity index (χ0v) is 13.3. The number of aromatic nitrogens is 2. The second kappa shape index (κ2) is 7.67. The molecule has 128 valence electrons. The van der Waals surface area contributed by atoms with Crippen molar-refractivity contribution in [1.82, 2.24) is 15.0 Å². The fourth-order valence-corrected chi connectivity index (χ4v) is 2.37. The molecule has 6 nitrogen and oxygen atoms in total. The second-order valence-electron chi connectivity index (χ2n) is 5.39. The van der Waals surface area contributed by atoms with Crippen molar-refractivity contribution in [3.8, 4) is 11.3 Å². The topological polar surface area (TPSA) is 79.5 Å². The number of hydrogen-bond acceptors (Lipinski definition) is 5. The number of carbonyl (C=O) groups is 1. The number of aliphatic hydroxyl groups excluding tert-OH is 1. The van der Waals surface area contributed by atoms with Gasteiger partial charge in [0.2, 0.25) is 0 Å². The van der Waals surface area contributed by atoms with Gasteiger partial charge in [0.25, 0.3) is 5.91 Å². The van der Waals surface area contributed by atoms with Crippen LogP contribution in [0.5, 0.6) is 0 Å². The molecule has 0 aliphatic carbocycles. The molecule has 0 unspecified atom stereocenters. The minimum absolute atomic E-state index is 0.122. The molecule has 3 rings (SSSR count). The Hall–Kier alpha value is -3.06. The lowest BCUT2D eigenvalue weighted by Gasteiger charge is -2.20. The summed E-state index contributed by atoms with van der Waals surface area (Å²) in [5.41, 5.74) is 1.58. The first-order chi connectivity index (χ1) is 12.2. The van der Waals surface area contributed by atoms with Crippen LogP contribution < -0.4 is 0 Å². The van der Waals surface area contributed by atoms with E-state index >= 15 is 0 Å². The number of benzene rings is 1. The highest BCUT2D eigenvalue weighted by atomic mass is 19.1. The molecule has 0 atom stereocenters. The summed E-state index contributed by atoms with van der Waals surface area (Å²) in [5, 5.41) is 13.0. The maximum Gasteiger partial charge on any atom is 0.276 e. The van der Waals surface area contributed by atoms with Crippen molar-refractivity contribution in [2.45, 2.75) is 6.54 Å². The third-order valence-corrected chi connectivity index (χ3v) is 3.61. The number of aliphatic hydroxyl groups is 1. The molecule has 3 aromatic rings. The van der Waals surface area contributed by atoms with E-state index in [1.54, 1.807) is 30.6 Å². The minimum Gasteiger partial charge on any atom is -0.395 e. The van der Waals surface area contributed by atoms with E-state index in [2.05, 4.69) is 10.1 Å². The van der Waals surface area contributed by atoms with Crippen LogP contribution in [0.3, 0.4) is 0 Å². The monoisotopic (exact) mass is 341 g/mol. The lowest BCUT2D eigenvalue weighted by molar-refractivity contribution is 0.0697. The van der Waals surface area contributed by atoms with E-state index in [1.165, 1.54) is 23.1 Å². The number of amides is 1. The number of halogens is 1. The Balaban J connectivity index is 1.79. The predicted molar refractivity (Wildman–Crippen MR) is 88.0 cm³/mol. The average Bonchev–Trinajstić information content (AvgIpc) is 3.12. The molecule has 0 radical (unpaired) electrons. The lowest BCUT2D eigenvalue weighted by atomic mass is 10.1. The van der Waals surface area contributed by atoms with Crippen LogP contribution in [0.1, 0.15) is 16.1 Å². The van der Waals surface area contributed by atoms with Crippen LogP contribution in [0, 0.1) is 5.82 Å². The summed E-state index contributed by atoms with van der Waals surface area (Å²) in [6.07, 6.45) is 3.30. The van der Waals surface area contributed by atoms with Gasteiger partial charge in [0.1, 0.15) is 5.82 Å². The lowest BCUT2D eigenvalue weighted by Crippen LogP contribution is -2.33. The third kappa shape index (κ3) is 4.07. The summed E-state index contributed by atoms with van der Waals surface area (Å²) < 4.78 is 18.2. The standard InChI is InChI=1S/C18H16FN3O3/c19-15-5-3-14(4-6-15)17-10-16(21-25-17)18(24)22(8-9-23)12-13-2-1-7-20-11-13/h1-7,10-11,23H,8-9,12H2. The largest absolute Gasteiger partial charge is 0.395 e. The zero-order chi connectivity index (χ0) is 17.6. The molecule has 2 aromatic heterocycles. The maximum atomic E-state index is 13.0. The second-order valence-corrected chi connectivity index (χ2v) is 5.39. The molecule has 0 saturated carbocycles. The fourth-order valence-electron chi connectivity index (χ4n) is 2.37. The Morgan fingerprint density at radius 3 is 2.72 bits per heavy atom. The van der Waals surface area contributed by atoms with Gasteiger partial charge in [-0.1, -0.05) is 11.2 Å². The van der Waals surface area contributed by atoms with Crippen molar-refractivity contribution in [1.29, 1.82) is 0 Å². The first-order valence-corrected chi connectivity index (χ1v) is 7.69. The van der Waals surface area contributed by atoms with Crippen LogP contribution in [-0.4, -0.2) is 39.2 Å². The van der Waals surface area contributed by atoms with E-state index in [4.69, 9.17) is 4.52 Å². The van der Waals surface area contributed by atoms with E-state index in [9.17, 15) is 14.3 Å². The SMILES string of the molecule is O=C(c1cc(-c2ccc(F)cc2)on1)N(CCO)Cc1cccnc1.